The van der Waals surface area contributed by atoms with Gasteiger partial charge in [-0.1, -0.05) is 34.1 Å². The molecule has 0 aliphatic carbocycles. The maximum absolute atomic E-state index is 11.1. The number of nitrogens with zero attached hydrogens (tertiary/aromatic N) is 1. The van der Waals surface area contributed by atoms with Crippen LogP contribution in [0.3, 0.4) is 0 Å². The predicted molar refractivity (Wildman–Crippen MR) is 69.5 cm³/mol. The number of rotatable bonds is 2. The summed E-state index contributed by atoms with van der Waals surface area (Å²) in [5.41, 5.74) is 1.74. The Bertz CT molecular complexity index is 566. The Kier molecular flexibility index (Phi) is 3.56. The fraction of sp³-hybridized carbons (Fsp3) is 0.0909. The molecule has 0 atom stereocenters. The van der Waals surface area contributed by atoms with E-state index in [1.807, 2.05) is 24.3 Å². The van der Waals surface area contributed by atoms with Crippen LogP contribution in [-0.4, -0.2) is 10.2 Å². The molecule has 1 N–H and O–H groups in total. The Hall–Kier alpha value is -0.940. The topological polar surface area (TPSA) is 45.8 Å². The van der Waals surface area contributed by atoms with Crippen LogP contribution < -0.4 is 5.56 Å². The molecule has 82 valence electrons. The van der Waals surface area contributed by atoms with Crippen LogP contribution in [-0.2, 0) is 6.42 Å². The lowest BCUT2D eigenvalue weighted by Gasteiger charge is -2.03. The van der Waals surface area contributed by atoms with Gasteiger partial charge in [-0.05, 0) is 33.6 Å². The molecule has 1 aromatic carbocycles. The number of aromatic amines is 1. The minimum absolute atomic E-state index is 0.212. The van der Waals surface area contributed by atoms with Crippen molar-refractivity contribution < 1.29 is 0 Å². The van der Waals surface area contributed by atoms with E-state index in [1.54, 1.807) is 6.07 Å². The first-order valence-electron chi connectivity index (χ1n) is 4.64. The van der Waals surface area contributed by atoms with E-state index < -0.39 is 0 Å². The SMILES string of the molecule is O=c1[nH]nc(Cc2ccccc2Br)cc1Br. The lowest BCUT2D eigenvalue weighted by atomic mass is 10.1. The van der Waals surface area contributed by atoms with Crippen molar-refractivity contribution in [1.82, 2.24) is 10.2 Å². The van der Waals surface area contributed by atoms with Gasteiger partial charge in [-0.15, -0.1) is 0 Å². The van der Waals surface area contributed by atoms with E-state index in [0.29, 0.717) is 10.9 Å². The highest BCUT2D eigenvalue weighted by molar-refractivity contribution is 9.10. The van der Waals surface area contributed by atoms with Gasteiger partial charge in [0.05, 0.1) is 10.2 Å². The Morgan fingerprint density at radius 1 is 1.19 bits per heavy atom. The standard InChI is InChI=1S/C11H8Br2N2O/c12-9-4-2-1-3-7(9)5-8-6-10(13)11(16)15-14-8/h1-4,6H,5H2,(H,15,16). The molecule has 0 saturated heterocycles. The molecule has 0 aliphatic heterocycles. The van der Waals surface area contributed by atoms with Crippen LogP contribution in [0.1, 0.15) is 11.3 Å². The van der Waals surface area contributed by atoms with Crippen LogP contribution >= 0.6 is 31.9 Å². The molecular formula is C11H8Br2N2O. The van der Waals surface area contributed by atoms with E-state index >= 15 is 0 Å². The number of hydrogen-bond acceptors (Lipinski definition) is 2. The molecule has 0 saturated carbocycles. The molecule has 2 aromatic rings. The zero-order chi connectivity index (χ0) is 11.5. The molecule has 0 radical (unpaired) electrons. The summed E-state index contributed by atoms with van der Waals surface area (Å²) >= 11 is 6.66. The van der Waals surface area contributed by atoms with Crippen LogP contribution in [0, 0.1) is 0 Å². The molecule has 0 aliphatic rings. The average molecular weight is 344 g/mol. The maximum Gasteiger partial charge on any atom is 0.278 e. The minimum atomic E-state index is -0.212. The Morgan fingerprint density at radius 2 is 1.94 bits per heavy atom. The van der Waals surface area contributed by atoms with E-state index in [1.165, 1.54) is 0 Å². The lowest BCUT2D eigenvalue weighted by Crippen LogP contribution is -2.10. The Morgan fingerprint density at radius 3 is 2.62 bits per heavy atom. The van der Waals surface area contributed by atoms with Crippen LogP contribution in [0.4, 0.5) is 0 Å². The summed E-state index contributed by atoms with van der Waals surface area (Å²) in [6, 6.07) is 9.67. The van der Waals surface area contributed by atoms with Crippen molar-refractivity contribution in [3.8, 4) is 0 Å². The van der Waals surface area contributed by atoms with E-state index in [-0.39, 0.29) is 5.56 Å². The van der Waals surface area contributed by atoms with E-state index in [4.69, 9.17) is 0 Å². The second-order valence-electron chi connectivity index (χ2n) is 3.30. The molecule has 0 unspecified atom stereocenters. The summed E-state index contributed by atoms with van der Waals surface area (Å²) in [7, 11) is 0. The fourth-order valence-electron chi connectivity index (χ4n) is 1.35. The summed E-state index contributed by atoms with van der Waals surface area (Å²) in [5, 5.41) is 6.43. The third kappa shape index (κ3) is 2.59. The fourth-order valence-corrected chi connectivity index (χ4v) is 2.13. The molecule has 1 aromatic heterocycles. The van der Waals surface area contributed by atoms with Crippen molar-refractivity contribution in [2.45, 2.75) is 6.42 Å². The molecule has 0 amide bonds. The Labute approximate surface area is 109 Å². The van der Waals surface area contributed by atoms with Gasteiger partial charge in [0.2, 0.25) is 0 Å². The number of nitrogens with one attached hydrogen (secondary N) is 1. The van der Waals surface area contributed by atoms with Gasteiger partial charge in [-0.3, -0.25) is 4.79 Å². The van der Waals surface area contributed by atoms with Crippen molar-refractivity contribution in [2.75, 3.05) is 0 Å². The summed E-state index contributed by atoms with van der Waals surface area (Å²) in [4.78, 5) is 11.1. The Balaban J connectivity index is 2.31. The van der Waals surface area contributed by atoms with Gasteiger partial charge in [-0.25, -0.2) is 5.10 Å². The zero-order valence-electron chi connectivity index (χ0n) is 8.21. The molecule has 0 bridgehead atoms. The average Bonchev–Trinajstić information content (AvgIpc) is 2.27. The summed E-state index contributed by atoms with van der Waals surface area (Å²) in [6.07, 6.45) is 0.677. The molecule has 2 rings (SSSR count). The van der Waals surface area contributed by atoms with Crippen molar-refractivity contribution in [3.05, 3.63) is 60.9 Å². The van der Waals surface area contributed by atoms with Gasteiger partial charge in [0, 0.05) is 10.9 Å². The van der Waals surface area contributed by atoms with E-state index in [2.05, 4.69) is 42.1 Å². The number of H-pyrrole nitrogens is 1. The monoisotopic (exact) mass is 342 g/mol. The molecule has 0 spiro atoms. The molecule has 5 heteroatoms. The highest BCUT2D eigenvalue weighted by Crippen LogP contribution is 2.18. The van der Waals surface area contributed by atoms with Crippen LogP contribution in [0.5, 0.6) is 0 Å². The second-order valence-corrected chi connectivity index (χ2v) is 5.01. The smallest absolute Gasteiger partial charge is 0.267 e. The second kappa shape index (κ2) is 4.93. The number of aromatic nitrogens is 2. The van der Waals surface area contributed by atoms with Gasteiger partial charge in [-0.2, -0.15) is 5.10 Å². The van der Waals surface area contributed by atoms with Gasteiger partial charge >= 0.3 is 0 Å². The maximum atomic E-state index is 11.1. The minimum Gasteiger partial charge on any atom is -0.267 e. The quantitative estimate of drug-likeness (QED) is 0.911. The van der Waals surface area contributed by atoms with Gasteiger partial charge in [0.25, 0.3) is 5.56 Å². The van der Waals surface area contributed by atoms with Gasteiger partial charge < -0.3 is 0 Å². The van der Waals surface area contributed by atoms with E-state index in [9.17, 15) is 4.79 Å². The van der Waals surface area contributed by atoms with Crippen molar-refractivity contribution in [2.24, 2.45) is 0 Å². The molecule has 3 nitrogen and oxygen atoms in total. The molecular weight excluding hydrogens is 336 g/mol. The largest absolute Gasteiger partial charge is 0.278 e. The number of hydrogen-bond donors (Lipinski definition) is 1. The first kappa shape index (κ1) is 11.5. The predicted octanol–water partition coefficient (Wildman–Crippen LogP) is 2.89. The highest BCUT2D eigenvalue weighted by atomic mass is 79.9. The first-order chi connectivity index (χ1) is 7.66. The van der Waals surface area contributed by atoms with Crippen molar-refractivity contribution >= 4 is 31.9 Å². The van der Waals surface area contributed by atoms with Crippen molar-refractivity contribution in [1.29, 1.82) is 0 Å². The van der Waals surface area contributed by atoms with Crippen LogP contribution in [0.25, 0.3) is 0 Å². The lowest BCUT2D eigenvalue weighted by molar-refractivity contribution is 0.901. The van der Waals surface area contributed by atoms with Gasteiger partial charge in [0.15, 0.2) is 0 Å². The van der Waals surface area contributed by atoms with Gasteiger partial charge in [0.1, 0.15) is 0 Å². The first-order valence-corrected chi connectivity index (χ1v) is 6.23. The number of benzene rings is 1. The summed E-state index contributed by atoms with van der Waals surface area (Å²) < 4.78 is 1.55. The summed E-state index contributed by atoms with van der Waals surface area (Å²) in [5.74, 6) is 0. The van der Waals surface area contributed by atoms with Crippen molar-refractivity contribution in [3.63, 3.8) is 0 Å². The number of halogens is 2. The molecule has 1 heterocycles. The highest BCUT2D eigenvalue weighted by Gasteiger charge is 2.04. The molecule has 16 heavy (non-hydrogen) atoms. The summed E-state index contributed by atoms with van der Waals surface area (Å²) in [6.45, 7) is 0. The van der Waals surface area contributed by atoms with Crippen LogP contribution in [0.2, 0.25) is 0 Å². The zero-order valence-corrected chi connectivity index (χ0v) is 11.4. The van der Waals surface area contributed by atoms with Crippen LogP contribution in [0.15, 0.2) is 44.1 Å². The normalized spacial score (nSPS) is 10.4. The third-order valence-electron chi connectivity index (χ3n) is 2.14. The van der Waals surface area contributed by atoms with E-state index in [0.717, 1.165) is 15.7 Å². The third-order valence-corrected chi connectivity index (χ3v) is 3.50. The molecule has 0 fully saturated rings.